The van der Waals surface area contributed by atoms with Crippen LogP contribution < -0.4 is 15.2 Å². The lowest BCUT2D eigenvalue weighted by molar-refractivity contribution is -0.145. The molecule has 0 aliphatic heterocycles. The van der Waals surface area contributed by atoms with Crippen molar-refractivity contribution in [2.45, 2.75) is 13.8 Å². The molecule has 0 aliphatic carbocycles. The second-order valence-corrected chi connectivity index (χ2v) is 4.83. The number of aryl methyl sites for hydroxylation is 1. The average molecular weight is 332 g/mol. The van der Waals surface area contributed by atoms with Crippen LogP contribution in [0.4, 0.5) is 5.95 Å². The van der Waals surface area contributed by atoms with Crippen LogP contribution in [0.5, 0.6) is 11.5 Å². The Balaban J connectivity index is 2.10. The standard InChI is InChI=1S/C16H20N4O4/c1-4-23-15(21)10-24-13-6-5-12(7-14(13)22-3)8-18-20-9-11(2)19-16(20)17/h5-9H,4,10H2,1-3H3,(H2,17,19). The van der Waals surface area contributed by atoms with E-state index in [0.29, 0.717) is 24.1 Å². The molecule has 2 N–H and O–H groups in total. The van der Waals surface area contributed by atoms with Crippen LogP contribution in [0.3, 0.4) is 0 Å². The van der Waals surface area contributed by atoms with E-state index in [0.717, 1.165) is 11.3 Å². The van der Waals surface area contributed by atoms with E-state index < -0.39 is 5.97 Å². The lowest BCUT2D eigenvalue weighted by atomic mass is 10.2. The van der Waals surface area contributed by atoms with Gasteiger partial charge >= 0.3 is 5.97 Å². The third-order valence-electron chi connectivity index (χ3n) is 3.00. The Bertz CT molecular complexity index is 740. The lowest BCUT2D eigenvalue weighted by Gasteiger charge is -2.10. The minimum absolute atomic E-state index is 0.178. The fraction of sp³-hybridized carbons (Fsp3) is 0.312. The highest BCUT2D eigenvalue weighted by atomic mass is 16.6. The Morgan fingerprint density at radius 1 is 1.42 bits per heavy atom. The number of carbonyl (C=O) groups is 1. The van der Waals surface area contributed by atoms with E-state index >= 15 is 0 Å². The molecule has 24 heavy (non-hydrogen) atoms. The molecule has 0 aliphatic rings. The number of hydrogen-bond donors (Lipinski definition) is 1. The van der Waals surface area contributed by atoms with Gasteiger partial charge in [-0.1, -0.05) is 0 Å². The van der Waals surface area contributed by atoms with Crippen molar-refractivity contribution in [1.29, 1.82) is 0 Å². The van der Waals surface area contributed by atoms with Crippen molar-refractivity contribution >= 4 is 18.1 Å². The maximum Gasteiger partial charge on any atom is 0.344 e. The van der Waals surface area contributed by atoms with Gasteiger partial charge in [0.2, 0.25) is 5.95 Å². The van der Waals surface area contributed by atoms with Gasteiger partial charge in [0, 0.05) is 0 Å². The Morgan fingerprint density at radius 3 is 2.83 bits per heavy atom. The molecule has 1 aromatic carbocycles. The van der Waals surface area contributed by atoms with E-state index in [-0.39, 0.29) is 6.61 Å². The predicted octanol–water partition coefficient (Wildman–Crippen LogP) is 1.61. The second-order valence-electron chi connectivity index (χ2n) is 4.83. The highest BCUT2D eigenvalue weighted by Crippen LogP contribution is 2.27. The summed E-state index contributed by atoms with van der Waals surface area (Å²) in [5.41, 5.74) is 7.29. The van der Waals surface area contributed by atoms with E-state index in [2.05, 4.69) is 10.1 Å². The molecular weight excluding hydrogens is 312 g/mol. The zero-order valence-corrected chi connectivity index (χ0v) is 13.9. The molecule has 128 valence electrons. The maximum absolute atomic E-state index is 11.3. The van der Waals surface area contributed by atoms with Crippen molar-refractivity contribution in [2.24, 2.45) is 5.10 Å². The highest BCUT2D eigenvalue weighted by Gasteiger charge is 2.09. The van der Waals surface area contributed by atoms with Gasteiger partial charge in [-0.15, -0.1) is 0 Å². The molecule has 2 rings (SSSR count). The number of carbonyl (C=O) groups excluding carboxylic acids is 1. The number of ether oxygens (including phenoxy) is 3. The first-order valence-corrected chi connectivity index (χ1v) is 7.35. The SMILES string of the molecule is CCOC(=O)COc1ccc(C=Nn2cc(C)nc2N)cc1OC. The fourth-order valence-corrected chi connectivity index (χ4v) is 1.95. The summed E-state index contributed by atoms with van der Waals surface area (Å²) in [7, 11) is 1.52. The van der Waals surface area contributed by atoms with Crippen LogP contribution in [0.1, 0.15) is 18.2 Å². The minimum Gasteiger partial charge on any atom is -0.493 e. The number of benzene rings is 1. The normalized spacial score (nSPS) is 10.8. The smallest absolute Gasteiger partial charge is 0.344 e. The van der Waals surface area contributed by atoms with E-state index in [4.69, 9.17) is 19.9 Å². The molecule has 2 aromatic rings. The summed E-state index contributed by atoms with van der Waals surface area (Å²) in [6.45, 7) is 3.70. The molecule has 8 nitrogen and oxygen atoms in total. The average Bonchev–Trinajstić information content (AvgIpc) is 2.89. The van der Waals surface area contributed by atoms with Crippen LogP contribution in [0.15, 0.2) is 29.5 Å². The molecule has 0 unspecified atom stereocenters. The molecule has 0 spiro atoms. The van der Waals surface area contributed by atoms with Crippen LogP contribution in [-0.2, 0) is 9.53 Å². The molecule has 0 bridgehead atoms. The van der Waals surface area contributed by atoms with Gasteiger partial charge in [-0.05, 0) is 37.6 Å². The van der Waals surface area contributed by atoms with Gasteiger partial charge in [0.15, 0.2) is 18.1 Å². The minimum atomic E-state index is -0.434. The van der Waals surface area contributed by atoms with Gasteiger partial charge in [-0.25, -0.2) is 14.5 Å². The summed E-state index contributed by atoms with van der Waals surface area (Å²) in [4.78, 5) is 15.4. The van der Waals surface area contributed by atoms with E-state index in [1.165, 1.54) is 11.8 Å². The highest BCUT2D eigenvalue weighted by molar-refractivity contribution is 5.81. The van der Waals surface area contributed by atoms with Crippen molar-refractivity contribution in [3.05, 3.63) is 35.7 Å². The fourth-order valence-electron chi connectivity index (χ4n) is 1.95. The Labute approximate surface area is 139 Å². The van der Waals surface area contributed by atoms with Crippen molar-refractivity contribution in [2.75, 3.05) is 26.1 Å². The summed E-state index contributed by atoms with van der Waals surface area (Å²) in [5, 5.41) is 4.23. The topological polar surface area (TPSA) is 101 Å². The van der Waals surface area contributed by atoms with Crippen molar-refractivity contribution in [1.82, 2.24) is 9.66 Å². The lowest BCUT2D eigenvalue weighted by Crippen LogP contribution is -2.14. The van der Waals surface area contributed by atoms with Crippen LogP contribution in [0.2, 0.25) is 0 Å². The molecule has 0 radical (unpaired) electrons. The summed E-state index contributed by atoms with van der Waals surface area (Å²) in [6.07, 6.45) is 3.34. The molecule has 1 aromatic heterocycles. The molecule has 1 heterocycles. The third-order valence-corrected chi connectivity index (χ3v) is 3.00. The monoisotopic (exact) mass is 332 g/mol. The number of rotatable bonds is 7. The van der Waals surface area contributed by atoms with Gasteiger partial charge in [-0.3, -0.25) is 0 Å². The van der Waals surface area contributed by atoms with Crippen LogP contribution >= 0.6 is 0 Å². The number of hydrogen-bond acceptors (Lipinski definition) is 7. The van der Waals surface area contributed by atoms with Gasteiger partial charge in [0.1, 0.15) is 0 Å². The van der Waals surface area contributed by atoms with Gasteiger partial charge in [-0.2, -0.15) is 5.10 Å². The van der Waals surface area contributed by atoms with E-state index in [9.17, 15) is 4.79 Å². The predicted molar refractivity (Wildman–Crippen MR) is 89.5 cm³/mol. The third kappa shape index (κ3) is 4.48. The molecule has 0 amide bonds. The van der Waals surface area contributed by atoms with Crippen molar-refractivity contribution in [3.8, 4) is 11.5 Å². The molecule has 0 fully saturated rings. The first kappa shape index (κ1) is 17.3. The van der Waals surface area contributed by atoms with Gasteiger partial charge < -0.3 is 19.9 Å². The number of nitrogen functional groups attached to an aromatic ring is 1. The van der Waals surface area contributed by atoms with Crippen molar-refractivity contribution in [3.63, 3.8) is 0 Å². The summed E-state index contributed by atoms with van der Waals surface area (Å²) < 4.78 is 17.0. The summed E-state index contributed by atoms with van der Waals surface area (Å²) >= 11 is 0. The maximum atomic E-state index is 11.3. The molecule has 8 heteroatoms. The van der Waals surface area contributed by atoms with E-state index in [1.54, 1.807) is 37.5 Å². The molecule has 0 saturated carbocycles. The number of aromatic nitrogens is 2. The van der Waals surface area contributed by atoms with Gasteiger partial charge in [0.25, 0.3) is 0 Å². The van der Waals surface area contributed by atoms with E-state index in [1.807, 2.05) is 6.92 Å². The van der Waals surface area contributed by atoms with Crippen LogP contribution in [0, 0.1) is 6.92 Å². The summed E-state index contributed by atoms with van der Waals surface area (Å²) in [6, 6.07) is 5.22. The number of methoxy groups -OCH3 is 1. The number of nitrogens with zero attached hydrogens (tertiary/aromatic N) is 3. The Morgan fingerprint density at radius 2 is 2.21 bits per heavy atom. The molecule has 0 saturated heterocycles. The molecule has 0 atom stereocenters. The first-order chi connectivity index (χ1) is 11.5. The number of nitrogens with two attached hydrogens (primary N) is 1. The zero-order chi connectivity index (χ0) is 17.5. The van der Waals surface area contributed by atoms with Crippen LogP contribution in [0.25, 0.3) is 0 Å². The molecular formula is C16H20N4O4. The Hall–Kier alpha value is -3.03. The van der Waals surface area contributed by atoms with Crippen LogP contribution in [-0.4, -0.2) is 42.2 Å². The zero-order valence-electron chi connectivity index (χ0n) is 13.9. The van der Waals surface area contributed by atoms with Crippen molar-refractivity contribution < 1.29 is 19.0 Å². The second kappa shape index (κ2) is 8.00. The Kier molecular flexibility index (Phi) is 5.78. The summed E-state index contributed by atoms with van der Waals surface area (Å²) in [5.74, 6) is 0.806. The number of esters is 1. The quantitative estimate of drug-likeness (QED) is 0.610. The van der Waals surface area contributed by atoms with Gasteiger partial charge in [0.05, 0.1) is 31.8 Å². The number of anilines is 1. The largest absolute Gasteiger partial charge is 0.493 e. The first-order valence-electron chi connectivity index (χ1n) is 7.35. The number of imidazole rings is 1.